The van der Waals surface area contributed by atoms with Crippen LogP contribution in [0.3, 0.4) is 0 Å². The number of azide groups is 1. The molecule has 0 heterocycles. The van der Waals surface area contributed by atoms with Crippen molar-refractivity contribution in [1.82, 2.24) is 0 Å². The fourth-order valence-corrected chi connectivity index (χ4v) is 1.72. The van der Waals surface area contributed by atoms with Gasteiger partial charge in [0.15, 0.2) is 0 Å². The maximum absolute atomic E-state index is 11.1. The standard InChI is InChI=1S/C7H8N4O3S/c1-14-6-3-2-5(10-11-8)4-7(6)15(9,12)13/h2-4H,1H3,(H2,9,12,13). The summed E-state index contributed by atoms with van der Waals surface area (Å²) in [7, 11) is -2.58. The zero-order chi connectivity index (χ0) is 11.5. The smallest absolute Gasteiger partial charge is 0.241 e. The third kappa shape index (κ3) is 2.59. The molecule has 0 aliphatic carbocycles. The second kappa shape index (κ2) is 4.18. The summed E-state index contributed by atoms with van der Waals surface area (Å²) < 4.78 is 27.1. The molecule has 80 valence electrons. The highest BCUT2D eigenvalue weighted by atomic mass is 32.2. The Bertz CT molecular complexity index is 519. The van der Waals surface area contributed by atoms with Crippen LogP contribution in [0.5, 0.6) is 5.75 Å². The van der Waals surface area contributed by atoms with Gasteiger partial charge in [0.1, 0.15) is 10.6 Å². The van der Waals surface area contributed by atoms with E-state index in [0.29, 0.717) is 0 Å². The molecule has 1 rings (SSSR count). The van der Waals surface area contributed by atoms with Crippen LogP contribution in [0.4, 0.5) is 5.69 Å². The fraction of sp³-hybridized carbons (Fsp3) is 0.143. The van der Waals surface area contributed by atoms with Crippen LogP contribution in [0, 0.1) is 0 Å². The Hall–Kier alpha value is -1.76. The van der Waals surface area contributed by atoms with E-state index in [9.17, 15) is 8.42 Å². The molecule has 2 N–H and O–H groups in total. The van der Waals surface area contributed by atoms with Gasteiger partial charge in [-0.2, -0.15) is 0 Å². The summed E-state index contributed by atoms with van der Waals surface area (Å²) >= 11 is 0. The van der Waals surface area contributed by atoms with Gasteiger partial charge in [0.2, 0.25) is 10.0 Å². The molecule has 1 aromatic carbocycles. The van der Waals surface area contributed by atoms with Crippen molar-refractivity contribution in [2.45, 2.75) is 4.90 Å². The molecule has 0 saturated carbocycles. The molecular formula is C7H8N4O3S. The quantitative estimate of drug-likeness (QED) is 0.476. The number of ether oxygens (including phenoxy) is 1. The third-order valence-corrected chi connectivity index (χ3v) is 2.55. The largest absolute Gasteiger partial charge is 0.495 e. The molecule has 0 saturated heterocycles. The first-order chi connectivity index (χ1) is 6.99. The Morgan fingerprint density at radius 1 is 1.53 bits per heavy atom. The van der Waals surface area contributed by atoms with E-state index in [0.717, 1.165) is 6.07 Å². The number of sulfonamides is 1. The number of benzene rings is 1. The van der Waals surface area contributed by atoms with Crippen molar-refractivity contribution in [3.63, 3.8) is 0 Å². The SMILES string of the molecule is COc1ccc(N=[N+]=[N-])cc1S(N)(=O)=O. The predicted octanol–water partition coefficient (Wildman–Crippen LogP) is 1.28. The Labute approximate surface area is 86.1 Å². The normalized spacial score (nSPS) is 10.5. The summed E-state index contributed by atoms with van der Waals surface area (Å²) in [6, 6.07) is 3.94. The van der Waals surface area contributed by atoms with Crippen LogP contribution in [0.25, 0.3) is 10.4 Å². The second-order valence-corrected chi connectivity index (χ2v) is 4.10. The summed E-state index contributed by atoms with van der Waals surface area (Å²) in [5.74, 6) is 0.106. The minimum atomic E-state index is -3.89. The highest BCUT2D eigenvalue weighted by Gasteiger charge is 2.14. The van der Waals surface area contributed by atoms with E-state index >= 15 is 0 Å². The van der Waals surface area contributed by atoms with Crippen molar-refractivity contribution in [3.8, 4) is 5.75 Å². The van der Waals surface area contributed by atoms with E-state index in [1.165, 1.54) is 19.2 Å². The summed E-state index contributed by atoms with van der Waals surface area (Å²) in [4.78, 5) is 2.32. The molecule has 8 heteroatoms. The van der Waals surface area contributed by atoms with E-state index in [4.69, 9.17) is 15.4 Å². The predicted molar refractivity (Wildman–Crippen MR) is 53.2 cm³/mol. The van der Waals surface area contributed by atoms with Crippen molar-refractivity contribution in [2.24, 2.45) is 10.3 Å². The number of methoxy groups -OCH3 is 1. The topological polar surface area (TPSA) is 118 Å². The van der Waals surface area contributed by atoms with Gasteiger partial charge in [0.25, 0.3) is 0 Å². The zero-order valence-corrected chi connectivity index (χ0v) is 8.60. The maximum atomic E-state index is 11.1. The average molecular weight is 228 g/mol. The van der Waals surface area contributed by atoms with Gasteiger partial charge in [-0.05, 0) is 23.7 Å². The molecule has 0 fully saturated rings. The summed E-state index contributed by atoms with van der Waals surface area (Å²) in [6.45, 7) is 0. The van der Waals surface area contributed by atoms with Crippen LogP contribution in [-0.4, -0.2) is 15.5 Å². The number of hydrogen-bond acceptors (Lipinski definition) is 4. The Balaban J connectivity index is 3.45. The summed E-state index contributed by atoms with van der Waals surface area (Å²) in [6.07, 6.45) is 0. The van der Waals surface area contributed by atoms with Crippen molar-refractivity contribution >= 4 is 15.7 Å². The lowest BCUT2D eigenvalue weighted by Gasteiger charge is -2.06. The van der Waals surface area contributed by atoms with Crippen molar-refractivity contribution in [1.29, 1.82) is 0 Å². The number of nitrogens with two attached hydrogens (primary N) is 1. The van der Waals surface area contributed by atoms with Gasteiger partial charge >= 0.3 is 0 Å². The molecule has 0 aromatic heterocycles. The van der Waals surface area contributed by atoms with Gasteiger partial charge in [-0.25, -0.2) is 13.6 Å². The van der Waals surface area contributed by atoms with E-state index in [1.54, 1.807) is 0 Å². The van der Waals surface area contributed by atoms with Gasteiger partial charge in [-0.1, -0.05) is 5.11 Å². The van der Waals surface area contributed by atoms with E-state index in [-0.39, 0.29) is 16.3 Å². The van der Waals surface area contributed by atoms with Crippen LogP contribution < -0.4 is 9.88 Å². The highest BCUT2D eigenvalue weighted by Crippen LogP contribution is 2.27. The van der Waals surface area contributed by atoms with Gasteiger partial charge in [0.05, 0.1) is 7.11 Å². The molecule has 0 aliphatic rings. The molecule has 0 spiro atoms. The van der Waals surface area contributed by atoms with Gasteiger partial charge in [-0.15, -0.1) is 0 Å². The molecule has 1 aromatic rings. The molecule has 0 aliphatic heterocycles. The molecule has 0 radical (unpaired) electrons. The van der Waals surface area contributed by atoms with Crippen LogP contribution in [0.2, 0.25) is 0 Å². The molecule has 0 bridgehead atoms. The monoisotopic (exact) mass is 228 g/mol. The number of hydrogen-bond donors (Lipinski definition) is 1. The Morgan fingerprint density at radius 2 is 2.20 bits per heavy atom. The first-order valence-corrected chi connectivity index (χ1v) is 5.29. The van der Waals surface area contributed by atoms with Gasteiger partial charge in [0, 0.05) is 10.6 Å². The van der Waals surface area contributed by atoms with Crippen LogP contribution in [0.15, 0.2) is 28.2 Å². The summed E-state index contributed by atoms with van der Waals surface area (Å²) in [5.41, 5.74) is 8.34. The number of rotatable bonds is 3. The van der Waals surface area contributed by atoms with Crippen molar-refractivity contribution in [3.05, 3.63) is 28.6 Å². The first kappa shape index (κ1) is 11.3. The lowest BCUT2D eigenvalue weighted by atomic mass is 10.3. The lowest BCUT2D eigenvalue weighted by Crippen LogP contribution is -2.13. The lowest BCUT2D eigenvalue weighted by molar-refractivity contribution is 0.403. The molecule has 0 atom stereocenters. The van der Waals surface area contributed by atoms with Crippen LogP contribution >= 0.6 is 0 Å². The molecule has 0 unspecified atom stereocenters. The van der Waals surface area contributed by atoms with Crippen LogP contribution in [0.1, 0.15) is 0 Å². The van der Waals surface area contributed by atoms with Gasteiger partial charge in [-0.3, -0.25) is 0 Å². The Morgan fingerprint density at radius 3 is 2.67 bits per heavy atom. The van der Waals surface area contributed by atoms with E-state index in [1.807, 2.05) is 0 Å². The van der Waals surface area contributed by atoms with Gasteiger partial charge < -0.3 is 4.74 Å². The minimum absolute atomic E-state index is 0.106. The van der Waals surface area contributed by atoms with E-state index < -0.39 is 10.0 Å². The zero-order valence-electron chi connectivity index (χ0n) is 7.78. The molecule has 0 amide bonds. The molecular weight excluding hydrogens is 220 g/mol. The first-order valence-electron chi connectivity index (χ1n) is 3.75. The third-order valence-electron chi connectivity index (χ3n) is 1.61. The molecule has 7 nitrogen and oxygen atoms in total. The van der Waals surface area contributed by atoms with Crippen LogP contribution in [-0.2, 0) is 10.0 Å². The minimum Gasteiger partial charge on any atom is -0.495 e. The fourth-order valence-electron chi connectivity index (χ4n) is 1.00. The molecule has 15 heavy (non-hydrogen) atoms. The maximum Gasteiger partial charge on any atom is 0.241 e. The second-order valence-electron chi connectivity index (χ2n) is 2.57. The highest BCUT2D eigenvalue weighted by molar-refractivity contribution is 7.89. The summed E-state index contributed by atoms with van der Waals surface area (Å²) in [5, 5.41) is 8.22. The average Bonchev–Trinajstić information content (AvgIpc) is 2.17. The van der Waals surface area contributed by atoms with E-state index in [2.05, 4.69) is 10.0 Å². The van der Waals surface area contributed by atoms with Crippen molar-refractivity contribution < 1.29 is 13.2 Å². The Kier molecular flexibility index (Phi) is 3.15. The number of primary sulfonamides is 1. The van der Waals surface area contributed by atoms with Crippen molar-refractivity contribution in [2.75, 3.05) is 7.11 Å². The number of nitrogens with zero attached hydrogens (tertiary/aromatic N) is 3.